The molecule has 86 valence electrons. The summed E-state index contributed by atoms with van der Waals surface area (Å²) in [5, 5.41) is 9.00. The van der Waals surface area contributed by atoms with Gasteiger partial charge in [0.25, 0.3) is 0 Å². The van der Waals surface area contributed by atoms with Gasteiger partial charge in [-0.2, -0.15) is 0 Å². The number of aliphatic carboxylic acids is 1. The lowest BCUT2D eigenvalue weighted by Crippen LogP contribution is -2.15. The maximum absolute atomic E-state index is 10.9. The van der Waals surface area contributed by atoms with Crippen molar-refractivity contribution in [2.24, 2.45) is 5.92 Å². The lowest BCUT2D eigenvalue weighted by atomic mass is 9.95. The predicted octanol–water partition coefficient (Wildman–Crippen LogP) is 2.27. The largest absolute Gasteiger partial charge is 0.493 e. The highest BCUT2D eigenvalue weighted by Gasteiger charge is 2.17. The Morgan fingerprint density at radius 2 is 2.38 bits per heavy atom. The monoisotopic (exact) mass is 220 g/mol. The van der Waals surface area contributed by atoms with Crippen molar-refractivity contribution in [2.75, 3.05) is 6.61 Å². The summed E-state index contributed by atoms with van der Waals surface area (Å²) in [5.74, 6) is -0.0354. The molecule has 1 aliphatic heterocycles. The van der Waals surface area contributed by atoms with Crippen molar-refractivity contribution >= 4 is 5.97 Å². The van der Waals surface area contributed by atoms with Crippen LogP contribution in [0.25, 0.3) is 0 Å². The van der Waals surface area contributed by atoms with E-state index < -0.39 is 5.97 Å². The third-order valence-electron chi connectivity index (χ3n) is 3.08. The molecule has 1 heterocycles. The second kappa shape index (κ2) is 4.56. The van der Waals surface area contributed by atoms with E-state index >= 15 is 0 Å². The van der Waals surface area contributed by atoms with E-state index in [0.29, 0.717) is 12.8 Å². The molecule has 0 radical (unpaired) electrons. The Bertz CT molecular complexity index is 398. The first-order valence-electron chi connectivity index (χ1n) is 5.68. The van der Waals surface area contributed by atoms with Gasteiger partial charge in [-0.3, -0.25) is 4.79 Å². The molecule has 0 saturated heterocycles. The molecule has 1 aromatic rings. The van der Waals surface area contributed by atoms with Crippen molar-refractivity contribution in [3.05, 3.63) is 29.3 Å². The van der Waals surface area contributed by atoms with E-state index in [9.17, 15) is 4.79 Å². The van der Waals surface area contributed by atoms with Crippen LogP contribution in [0.5, 0.6) is 5.75 Å². The van der Waals surface area contributed by atoms with Crippen molar-refractivity contribution in [1.29, 1.82) is 0 Å². The van der Waals surface area contributed by atoms with Gasteiger partial charge in [0.15, 0.2) is 0 Å². The molecule has 0 bridgehead atoms. The van der Waals surface area contributed by atoms with Crippen LogP contribution < -0.4 is 4.74 Å². The van der Waals surface area contributed by atoms with Gasteiger partial charge in [-0.15, -0.1) is 0 Å². The smallest absolute Gasteiger partial charge is 0.306 e. The van der Waals surface area contributed by atoms with Crippen molar-refractivity contribution in [3.8, 4) is 5.75 Å². The Morgan fingerprint density at radius 3 is 3.06 bits per heavy atom. The predicted molar refractivity (Wildman–Crippen MR) is 60.8 cm³/mol. The molecule has 0 unspecified atom stereocenters. The molecule has 0 amide bonds. The van der Waals surface area contributed by atoms with Gasteiger partial charge in [0, 0.05) is 6.42 Å². The molecule has 0 aliphatic carbocycles. The Labute approximate surface area is 95.0 Å². The Balaban J connectivity index is 2.13. The molecule has 3 nitrogen and oxygen atoms in total. The zero-order chi connectivity index (χ0) is 11.5. The number of benzene rings is 1. The van der Waals surface area contributed by atoms with Crippen LogP contribution in [0, 0.1) is 5.92 Å². The van der Waals surface area contributed by atoms with Crippen molar-refractivity contribution in [2.45, 2.75) is 26.2 Å². The minimum absolute atomic E-state index is 0.277. The minimum Gasteiger partial charge on any atom is -0.493 e. The molecule has 16 heavy (non-hydrogen) atoms. The number of rotatable bonds is 4. The lowest BCUT2D eigenvalue weighted by Gasteiger charge is -2.10. The number of fused-ring (bicyclic) bond motifs is 1. The van der Waals surface area contributed by atoms with E-state index in [2.05, 4.69) is 6.07 Å². The van der Waals surface area contributed by atoms with Crippen LogP contribution in [0.15, 0.2) is 18.2 Å². The number of carboxylic acids is 1. The van der Waals surface area contributed by atoms with Crippen LogP contribution in [0.2, 0.25) is 0 Å². The van der Waals surface area contributed by atoms with Crippen LogP contribution >= 0.6 is 0 Å². The first-order valence-corrected chi connectivity index (χ1v) is 5.68. The van der Waals surface area contributed by atoms with Gasteiger partial charge in [-0.05, 0) is 30.0 Å². The van der Waals surface area contributed by atoms with E-state index in [1.807, 2.05) is 19.1 Å². The second-order valence-corrected chi connectivity index (χ2v) is 4.19. The van der Waals surface area contributed by atoms with E-state index in [0.717, 1.165) is 24.3 Å². The fraction of sp³-hybridized carbons (Fsp3) is 0.462. The summed E-state index contributed by atoms with van der Waals surface area (Å²) in [6.45, 7) is 2.66. The fourth-order valence-electron chi connectivity index (χ4n) is 2.06. The average molecular weight is 220 g/mol. The molecule has 0 saturated carbocycles. The van der Waals surface area contributed by atoms with E-state index in [1.165, 1.54) is 5.56 Å². The SMILES string of the molecule is CC[C@H](Cc1ccc2c(c1)CCO2)C(=O)O. The second-order valence-electron chi connectivity index (χ2n) is 4.19. The molecule has 1 aliphatic rings. The van der Waals surface area contributed by atoms with E-state index in [1.54, 1.807) is 0 Å². The van der Waals surface area contributed by atoms with Gasteiger partial charge in [-0.1, -0.05) is 19.1 Å². The Kier molecular flexibility index (Phi) is 3.13. The molecule has 1 N–H and O–H groups in total. The molecule has 0 spiro atoms. The minimum atomic E-state index is -0.709. The molecule has 0 fully saturated rings. The first-order chi connectivity index (χ1) is 7.70. The summed E-state index contributed by atoms with van der Waals surface area (Å²) in [6.07, 6.45) is 2.22. The summed E-state index contributed by atoms with van der Waals surface area (Å²) in [7, 11) is 0. The molecular formula is C13H16O3. The van der Waals surface area contributed by atoms with Crippen molar-refractivity contribution in [3.63, 3.8) is 0 Å². The van der Waals surface area contributed by atoms with Gasteiger partial charge in [0.2, 0.25) is 0 Å². The van der Waals surface area contributed by atoms with Crippen molar-refractivity contribution in [1.82, 2.24) is 0 Å². The summed E-state index contributed by atoms with van der Waals surface area (Å²) in [6, 6.07) is 6.00. The number of hydrogen-bond acceptors (Lipinski definition) is 2. The van der Waals surface area contributed by atoms with Gasteiger partial charge < -0.3 is 9.84 Å². The van der Waals surface area contributed by atoms with Crippen molar-refractivity contribution < 1.29 is 14.6 Å². The highest BCUT2D eigenvalue weighted by molar-refractivity contribution is 5.70. The van der Waals surface area contributed by atoms with Gasteiger partial charge in [0.05, 0.1) is 12.5 Å². The quantitative estimate of drug-likeness (QED) is 0.846. The topological polar surface area (TPSA) is 46.5 Å². The highest BCUT2D eigenvalue weighted by atomic mass is 16.5. The summed E-state index contributed by atoms with van der Waals surface area (Å²) < 4.78 is 5.42. The molecule has 0 aromatic heterocycles. The van der Waals surface area contributed by atoms with Gasteiger partial charge in [0.1, 0.15) is 5.75 Å². The molecule has 2 rings (SSSR count). The third kappa shape index (κ3) is 2.18. The molecule has 3 heteroatoms. The number of ether oxygens (including phenoxy) is 1. The van der Waals surface area contributed by atoms with E-state index in [4.69, 9.17) is 9.84 Å². The number of carbonyl (C=O) groups is 1. The Hall–Kier alpha value is -1.51. The lowest BCUT2D eigenvalue weighted by molar-refractivity contribution is -0.141. The zero-order valence-electron chi connectivity index (χ0n) is 9.40. The van der Waals surface area contributed by atoms with Crippen LogP contribution in [0.3, 0.4) is 0 Å². The molecule has 1 atom stereocenters. The molecule has 1 aromatic carbocycles. The normalized spacial score (nSPS) is 15.3. The maximum Gasteiger partial charge on any atom is 0.306 e. The van der Waals surface area contributed by atoms with E-state index in [-0.39, 0.29) is 5.92 Å². The number of hydrogen-bond donors (Lipinski definition) is 1. The standard InChI is InChI=1S/C13H16O3/c1-2-10(13(14)15)7-9-3-4-12-11(8-9)5-6-16-12/h3-4,8,10H,2,5-7H2,1H3,(H,14,15)/t10-/m1/s1. The fourth-order valence-corrected chi connectivity index (χ4v) is 2.06. The van der Waals surface area contributed by atoms with Crippen LogP contribution in [0.1, 0.15) is 24.5 Å². The van der Waals surface area contributed by atoms with Crippen LogP contribution in [0.4, 0.5) is 0 Å². The summed E-state index contributed by atoms with van der Waals surface area (Å²) in [4.78, 5) is 10.9. The third-order valence-corrected chi connectivity index (χ3v) is 3.08. The summed E-state index contributed by atoms with van der Waals surface area (Å²) in [5.41, 5.74) is 2.30. The Morgan fingerprint density at radius 1 is 1.56 bits per heavy atom. The van der Waals surface area contributed by atoms with Crippen LogP contribution in [-0.4, -0.2) is 17.7 Å². The summed E-state index contributed by atoms with van der Waals surface area (Å²) >= 11 is 0. The molecular weight excluding hydrogens is 204 g/mol. The number of carboxylic acid groups (broad SMARTS) is 1. The highest BCUT2D eigenvalue weighted by Crippen LogP contribution is 2.27. The zero-order valence-corrected chi connectivity index (χ0v) is 9.40. The van der Waals surface area contributed by atoms with Crippen LogP contribution in [-0.2, 0) is 17.6 Å². The van der Waals surface area contributed by atoms with Gasteiger partial charge in [-0.25, -0.2) is 0 Å². The average Bonchev–Trinajstić information content (AvgIpc) is 2.72. The first kappa shape index (κ1) is 11.0. The maximum atomic E-state index is 10.9. The van der Waals surface area contributed by atoms with Gasteiger partial charge >= 0.3 is 5.97 Å².